The number of ether oxygens (including phenoxy) is 1. The van der Waals surface area contributed by atoms with Crippen molar-refractivity contribution in [3.63, 3.8) is 0 Å². The summed E-state index contributed by atoms with van der Waals surface area (Å²) in [5, 5.41) is 0. The minimum Gasteiger partial charge on any atom is -0.370 e. The monoisotopic (exact) mass is 283 g/mol. The third-order valence-corrected chi connectivity index (χ3v) is 3.98. The molecule has 1 aliphatic heterocycles. The van der Waals surface area contributed by atoms with Crippen molar-refractivity contribution in [2.24, 2.45) is 0 Å². The van der Waals surface area contributed by atoms with Gasteiger partial charge in [-0.2, -0.15) is 0 Å². The zero-order valence-electron chi connectivity index (χ0n) is 12.6. The molecule has 0 radical (unpaired) electrons. The van der Waals surface area contributed by atoms with E-state index in [-0.39, 0.29) is 6.10 Å². The molecule has 1 unspecified atom stereocenters. The number of rotatable bonds is 3. The fraction of sp³-hybridized carbons (Fsp3) is 0.412. The van der Waals surface area contributed by atoms with E-state index in [0.29, 0.717) is 0 Å². The highest BCUT2D eigenvalue weighted by atomic mass is 16.5. The van der Waals surface area contributed by atoms with Gasteiger partial charge in [0.05, 0.1) is 12.3 Å². The number of anilines is 1. The zero-order valence-corrected chi connectivity index (χ0v) is 12.6. The minimum atomic E-state index is 0.103. The van der Waals surface area contributed by atoms with Crippen LogP contribution in [0.5, 0.6) is 0 Å². The van der Waals surface area contributed by atoms with Crippen LogP contribution in [0.25, 0.3) is 0 Å². The zero-order chi connectivity index (χ0) is 14.7. The summed E-state index contributed by atoms with van der Waals surface area (Å²) in [6, 6.07) is 8.73. The molecule has 2 aromatic rings. The highest BCUT2D eigenvalue weighted by Gasteiger charge is 2.24. The van der Waals surface area contributed by atoms with E-state index >= 15 is 0 Å². The molecule has 0 bridgehead atoms. The van der Waals surface area contributed by atoms with Gasteiger partial charge in [-0.05, 0) is 24.5 Å². The van der Waals surface area contributed by atoms with E-state index < -0.39 is 0 Å². The number of morpholine rings is 1. The van der Waals surface area contributed by atoms with E-state index in [1.165, 1.54) is 11.1 Å². The van der Waals surface area contributed by atoms with Gasteiger partial charge in [0.1, 0.15) is 11.9 Å². The second-order valence-electron chi connectivity index (χ2n) is 5.37. The maximum atomic E-state index is 5.94. The average molecular weight is 283 g/mol. The van der Waals surface area contributed by atoms with Crippen molar-refractivity contribution in [2.45, 2.75) is 26.4 Å². The van der Waals surface area contributed by atoms with Crippen LogP contribution in [-0.4, -0.2) is 29.7 Å². The van der Waals surface area contributed by atoms with Crippen molar-refractivity contribution < 1.29 is 4.74 Å². The van der Waals surface area contributed by atoms with E-state index in [9.17, 15) is 0 Å². The van der Waals surface area contributed by atoms with E-state index in [1.54, 1.807) is 12.4 Å². The van der Waals surface area contributed by atoms with Crippen LogP contribution in [0.15, 0.2) is 36.7 Å². The largest absolute Gasteiger partial charge is 0.370 e. The van der Waals surface area contributed by atoms with Crippen molar-refractivity contribution in [1.82, 2.24) is 9.97 Å². The van der Waals surface area contributed by atoms with Crippen LogP contribution in [-0.2, 0) is 11.2 Å². The Morgan fingerprint density at radius 3 is 2.67 bits per heavy atom. The van der Waals surface area contributed by atoms with Crippen molar-refractivity contribution in [2.75, 3.05) is 24.6 Å². The summed E-state index contributed by atoms with van der Waals surface area (Å²) in [4.78, 5) is 11.1. The maximum Gasteiger partial charge on any atom is 0.150 e. The van der Waals surface area contributed by atoms with Crippen molar-refractivity contribution in [1.29, 1.82) is 0 Å². The van der Waals surface area contributed by atoms with E-state index in [1.807, 2.05) is 6.92 Å². The fourth-order valence-corrected chi connectivity index (χ4v) is 2.72. The molecule has 110 valence electrons. The molecule has 21 heavy (non-hydrogen) atoms. The minimum absolute atomic E-state index is 0.103. The summed E-state index contributed by atoms with van der Waals surface area (Å²) in [6.45, 7) is 6.58. The van der Waals surface area contributed by atoms with Crippen LogP contribution in [0.4, 0.5) is 5.82 Å². The quantitative estimate of drug-likeness (QED) is 0.868. The Morgan fingerprint density at radius 1 is 1.19 bits per heavy atom. The maximum absolute atomic E-state index is 5.94. The molecule has 0 amide bonds. The van der Waals surface area contributed by atoms with Crippen LogP contribution in [0, 0.1) is 6.92 Å². The summed E-state index contributed by atoms with van der Waals surface area (Å²) in [5.74, 6) is 0.968. The van der Waals surface area contributed by atoms with Gasteiger partial charge in [-0.3, -0.25) is 4.98 Å². The second-order valence-corrected chi connectivity index (χ2v) is 5.37. The predicted octanol–water partition coefficient (Wildman–Crippen LogP) is 2.93. The molecule has 1 atom stereocenters. The summed E-state index contributed by atoms with van der Waals surface area (Å²) in [6.07, 6.45) is 4.66. The van der Waals surface area contributed by atoms with Gasteiger partial charge >= 0.3 is 0 Å². The topological polar surface area (TPSA) is 38.2 Å². The Hall–Kier alpha value is -1.94. The lowest BCUT2D eigenvalue weighted by molar-refractivity contribution is 0.0394. The van der Waals surface area contributed by atoms with Crippen LogP contribution in [0.2, 0.25) is 0 Å². The summed E-state index contributed by atoms with van der Waals surface area (Å²) in [7, 11) is 0. The van der Waals surface area contributed by atoms with Crippen LogP contribution in [0.1, 0.15) is 29.8 Å². The SMILES string of the molecule is CCc1ccc(C2CN(c3nccnc3C)CCO2)cc1. The first-order valence-corrected chi connectivity index (χ1v) is 7.51. The van der Waals surface area contributed by atoms with Gasteiger partial charge in [-0.25, -0.2) is 4.98 Å². The van der Waals surface area contributed by atoms with Gasteiger partial charge in [-0.1, -0.05) is 31.2 Å². The number of benzene rings is 1. The number of hydrogen-bond acceptors (Lipinski definition) is 4. The molecule has 4 heteroatoms. The van der Waals surface area contributed by atoms with Gasteiger partial charge in [0, 0.05) is 25.5 Å². The molecular formula is C17H21N3O. The molecule has 3 rings (SSSR count). The standard InChI is InChI=1S/C17H21N3O/c1-3-14-4-6-15(7-5-14)16-12-20(10-11-21-16)17-13(2)18-8-9-19-17/h4-9,16H,3,10-12H2,1-2H3. The summed E-state index contributed by atoms with van der Waals surface area (Å²) >= 11 is 0. The Labute approximate surface area is 125 Å². The third kappa shape index (κ3) is 3.05. The molecule has 0 spiro atoms. The normalized spacial score (nSPS) is 18.8. The van der Waals surface area contributed by atoms with E-state index in [4.69, 9.17) is 4.74 Å². The Morgan fingerprint density at radius 2 is 1.95 bits per heavy atom. The number of hydrogen-bond donors (Lipinski definition) is 0. The Bertz CT molecular complexity index is 597. The molecule has 1 aromatic heterocycles. The average Bonchev–Trinajstić information content (AvgIpc) is 2.55. The Balaban J connectivity index is 1.77. The van der Waals surface area contributed by atoms with Crippen LogP contribution < -0.4 is 4.90 Å². The van der Waals surface area contributed by atoms with Crippen molar-refractivity contribution in [3.8, 4) is 0 Å². The molecule has 1 aliphatic rings. The predicted molar refractivity (Wildman–Crippen MR) is 83.5 cm³/mol. The van der Waals surface area contributed by atoms with Gasteiger partial charge < -0.3 is 9.64 Å². The molecule has 0 aliphatic carbocycles. The lowest BCUT2D eigenvalue weighted by Gasteiger charge is -2.34. The lowest BCUT2D eigenvalue weighted by Crippen LogP contribution is -2.39. The summed E-state index contributed by atoms with van der Waals surface area (Å²) in [5.41, 5.74) is 3.56. The number of nitrogens with zero attached hydrogens (tertiary/aromatic N) is 3. The van der Waals surface area contributed by atoms with E-state index in [2.05, 4.69) is 46.1 Å². The molecule has 1 fully saturated rings. The highest BCUT2D eigenvalue weighted by molar-refractivity contribution is 5.43. The fourth-order valence-electron chi connectivity index (χ4n) is 2.72. The molecule has 4 nitrogen and oxygen atoms in total. The summed E-state index contributed by atoms with van der Waals surface area (Å²) < 4.78 is 5.94. The van der Waals surface area contributed by atoms with Crippen molar-refractivity contribution in [3.05, 3.63) is 53.5 Å². The van der Waals surface area contributed by atoms with Crippen LogP contribution >= 0.6 is 0 Å². The smallest absolute Gasteiger partial charge is 0.150 e. The van der Waals surface area contributed by atoms with Crippen LogP contribution in [0.3, 0.4) is 0 Å². The third-order valence-electron chi connectivity index (χ3n) is 3.98. The van der Waals surface area contributed by atoms with Gasteiger partial charge in [0.15, 0.2) is 0 Å². The molecule has 2 heterocycles. The molecular weight excluding hydrogens is 262 g/mol. The van der Waals surface area contributed by atoms with Gasteiger partial charge in [0.25, 0.3) is 0 Å². The molecule has 0 saturated carbocycles. The first-order valence-electron chi connectivity index (χ1n) is 7.51. The van der Waals surface area contributed by atoms with Gasteiger partial charge in [-0.15, -0.1) is 0 Å². The highest BCUT2D eigenvalue weighted by Crippen LogP contribution is 2.26. The van der Waals surface area contributed by atoms with Gasteiger partial charge in [0.2, 0.25) is 0 Å². The number of aryl methyl sites for hydroxylation is 2. The number of aromatic nitrogens is 2. The first-order chi connectivity index (χ1) is 10.3. The molecule has 1 aromatic carbocycles. The lowest BCUT2D eigenvalue weighted by atomic mass is 10.0. The first kappa shape index (κ1) is 14.0. The molecule has 1 saturated heterocycles. The van der Waals surface area contributed by atoms with E-state index in [0.717, 1.165) is 37.6 Å². The Kier molecular flexibility index (Phi) is 4.15. The second kappa shape index (κ2) is 6.22. The molecule has 0 N–H and O–H groups in total. The van der Waals surface area contributed by atoms with Crippen molar-refractivity contribution >= 4 is 5.82 Å².